The van der Waals surface area contributed by atoms with E-state index in [1.807, 2.05) is 37.3 Å². The van der Waals surface area contributed by atoms with E-state index < -0.39 is 0 Å². The maximum Gasteiger partial charge on any atom is 0.224 e. The molecule has 5 rings (SSSR count). The van der Waals surface area contributed by atoms with Gasteiger partial charge in [-0.1, -0.05) is 37.3 Å². The molecule has 3 atom stereocenters. The number of anilines is 3. The van der Waals surface area contributed by atoms with Crippen LogP contribution in [0.1, 0.15) is 76.3 Å². The van der Waals surface area contributed by atoms with Crippen LogP contribution < -0.4 is 30.7 Å². The van der Waals surface area contributed by atoms with Gasteiger partial charge in [-0.05, 0) is 69.3 Å². The summed E-state index contributed by atoms with van der Waals surface area (Å²) in [6.45, 7) is 4.52. The quantitative estimate of drug-likeness (QED) is 0.243. The first-order valence-electron chi connectivity index (χ1n) is 15.2. The third kappa shape index (κ3) is 7.58. The maximum atomic E-state index is 13.0. The summed E-state index contributed by atoms with van der Waals surface area (Å²) in [7, 11) is 0. The molecule has 41 heavy (non-hydrogen) atoms. The van der Waals surface area contributed by atoms with E-state index >= 15 is 0 Å². The van der Waals surface area contributed by atoms with Crippen molar-refractivity contribution in [3.63, 3.8) is 0 Å². The topological polar surface area (TPSA) is 107 Å². The van der Waals surface area contributed by atoms with E-state index in [0.717, 1.165) is 42.7 Å². The summed E-state index contributed by atoms with van der Waals surface area (Å²) >= 11 is 6.63. The second-order valence-electron chi connectivity index (χ2n) is 11.5. The number of hydrogen-bond acceptors (Lipinski definition) is 7. The van der Waals surface area contributed by atoms with Crippen molar-refractivity contribution in [1.82, 2.24) is 5.32 Å². The lowest BCUT2D eigenvalue weighted by atomic mass is 9.86. The predicted octanol–water partition coefficient (Wildman–Crippen LogP) is 6.89. The van der Waals surface area contributed by atoms with Gasteiger partial charge in [-0.2, -0.15) is 5.26 Å². The van der Waals surface area contributed by atoms with Gasteiger partial charge in [-0.3, -0.25) is 4.79 Å². The molecule has 8 nitrogen and oxygen atoms in total. The van der Waals surface area contributed by atoms with Crippen LogP contribution in [0, 0.1) is 23.2 Å². The molecule has 0 bridgehead atoms. The SMILES string of the molecule is CCOc1cc2c(cc1NC(=O)CC1CCCCC1)C(Nc1ccc(OCC3CCCCN3)c(Cl)c1)C(C#N)CN2. The van der Waals surface area contributed by atoms with Crippen molar-refractivity contribution in [2.75, 3.05) is 42.3 Å². The summed E-state index contributed by atoms with van der Waals surface area (Å²) in [5.41, 5.74) is 3.22. The average Bonchev–Trinajstić information content (AvgIpc) is 2.98. The Hall–Kier alpha value is -3.15. The van der Waals surface area contributed by atoms with Gasteiger partial charge in [0.25, 0.3) is 0 Å². The molecule has 2 heterocycles. The fourth-order valence-electron chi connectivity index (χ4n) is 6.23. The average molecular weight is 580 g/mol. The third-order valence-electron chi connectivity index (χ3n) is 8.45. The molecule has 2 aliphatic heterocycles. The van der Waals surface area contributed by atoms with E-state index in [-0.39, 0.29) is 17.9 Å². The largest absolute Gasteiger partial charge is 0.492 e. The number of nitrogens with zero attached hydrogens (tertiary/aromatic N) is 1. The van der Waals surface area contributed by atoms with Crippen LogP contribution in [0.4, 0.5) is 17.1 Å². The van der Waals surface area contributed by atoms with Crippen LogP contribution in [0.5, 0.6) is 11.5 Å². The lowest BCUT2D eigenvalue weighted by molar-refractivity contribution is -0.117. The van der Waals surface area contributed by atoms with Crippen LogP contribution in [0.3, 0.4) is 0 Å². The summed E-state index contributed by atoms with van der Waals surface area (Å²) in [4.78, 5) is 13.0. The molecule has 1 saturated carbocycles. The Morgan fingerprint density at radius 1 is 1.07 bits per heavy atom. The fourth-order valence-corrected chi connectivity index (χ4v) is 6.47. The molecule has 1 saturated heterocycles. The number of benzene rings is 2. The number of ether oxygens (including phenoxy) is 2. The van der Waals surface area contributed by atoms with Crippen molar-refractivity contribution in [3.8, 4) is 17.6 Å². The van der Waals surface area contributed by atoms with Crippen molar-refractivity contribution >= 4 is 34.6 Å². The summed E-state index contributed by atoms with van der Waals surface area (Å²) in [5, 5.41) is 24.1. The third-order valence-corrected chi connectivity index (χ3v) is 8.74. The lowest BCUT2D eigenvalue weighted by Crippen LogP contribution is -2.38. The van der Waals surface area contributed by atoms with Gasteiger partial charge >= 0.3 is 0 Å². The summed E-state index contributed by atoms with van der Waals surface area (Å²) in [6, 6.07) is 12.0. The number of amides is 1. The standard InChI is InChI=1S/C32H42ClN5O3/c1-2-40-30-17-27-25(16-28(30)38-31(39)14-21-8-4-3-5-9-21)32(22(18-34)19-36-27)37-23-11-12-29(26(33)15-23)41-20-24-10-6-7-13-35-24/h11-12,15-17,21-22,24,32,35-37H,2-10,13-14,19-20H2,1H3,(H,38,39). The molecule has 0 spiro atoms. The normalized spacial score (nSPS) is 22.5. The zero-order valence-electron chi connectivity index (χ0n) is 23.9. The van der Waals surface area contributed by atoms with Gasteiger partial charge in [0.1, 0.15) is 18.1 Å². The van der Waals surface area contributed by atoms with Gasteiger partial charge < -0.3 is 30.7 Å². The Kier molecular flexibility index (Phi) is 10.1. The molecule has 220 valence electrons. The second kappa shape index (κ2) is 14.2. The Labute approximate surface area is 248 Å². The predicted molar refractivity (Wildman–Crippen MR) is 164 cm³/mol. The van der Waals surface area contributed by atoms with Crippen molar-refractivity contribution in [1.29, 1.82) is 5.26 Å². The van der Waals surface area contributed by atoms with Crippen LogP contribution in [0.2, 0.25) is 5.02 Å². The molecule has 0 aromatic heterocycles. The minimum Gasteiger partial charge on any atom is -0.492 e. The molecular formula is C32H42ClN5O3. The van der Waals surface area contributed by atoms with Crippen LogP contribution in [-0.2, 0) is 4.79 Å². The highest BCUT2D eigenvalue weighted by atomic mass is 35.5. The molecule has 2 fully saturated rings. The summed E-state index contributed by atoms with van der Waals surface area (Å²) in [5.74, 6) is 1.39. The van der Waals surface area contributed by atoms with Crippen molar-refractivity contribution in [2.45, 2.75) is 76.8 Å². The van der Waals surface area contributed by atoms with Crippen LogP contribution >= 0.6 is 11.6 Å². The molecule has 1 amide bonds. The molecule has 2 aromatic rings. The van der Waals surface area contributed by atoms with Crippen LogP contribution in [-0.4, -0.2) is 38.3 Å². The highest BCUT2D eigenvalue weighted by molar-refractivity contribution is 6.32. The molecular weight excluding hydrogens is 538 g/mol. The number of carbonyl (C=O) groups excluding carboxylic acids is 1. The fraction of sp³-hybridized carbons (Fsp3) is 0.562. The molecule has 0 radical (unpaired) electrons. The highest BCUT2D eigenvalue weighted by Crippen LogP contribution is 2.42. The minimum atomic E-state index is -0.335. The number of nitrogens with one attached hydrogen (secondary N) is 4. The van der Waals surface area contributed by atoms with Crippen LogP contribution in [0.25, 0.3) is 0 Å². The van der Waals surface area contributed by atoms with Gasteiger partial charge in [-0.15, -0.1) is 0 Å². The Morgan fingerprint density at radius 2 is 1.90 bits per heavy atom. The lowest BCUT2D eigenvalue weighted by Gasteiger charge is -2.33. The zero-order valence-corrected chi connectivity index (χ0v) is 24.7. The molecule has 1 aliphatic carbocycles. The van der Waals surface area contributed by atoms with E-state index in [4.69, 9.17) is 21.1 Å². The first-order valence-corrected chi connectivity index (χ1v) is 15.6. The van der Waals surface area contributed by atoms with E-state index in [1.165, 1.54) is 32.1 Å². The molecule has 3 unspecified atom stereocenters. The number of rotatable bonds is 10. The zero-order chi connectivity index (χ0) is 28.6. The van der Waals surface area contributed by atoms with E-state index in [9.17, 15) is 10.1 Å². The van der Waals surface area contributed by atoms with Crippen molar-refractivity contribution in [3.05, 3.63) is 40.9 Å². The molecule has 4 N–H and O–H groups in total. The molecule has 9 heteroatoms. The number of halogens is 1. The number of nitriles is 1. The number of fused-ring (bicyclic) bond motifs is 1. The number of piperidine rings is 1. The molecule has 2 aromatic carbocycles. The van der Waals surface area contributed by atoms with Gasteiger partial charge in [0.15, 0.2) is 0 Å². The Balaban J connectivity index is 1.33. The summed E-state index contributed by atoms with van der Waals surface area (Å²) < 4.78 is 11.9. The van der Waals surface area contributed by atoms with Gasteiger partial charge in [0, 0.05) is 42.0 Å². The van der Waals surface area contributed by atoms with Crippen molar-refractivity contribution in [2.24, 2.45) is 11.8 Å². The first-order chi connectivity index (χ1) is 20.0. The second-order valence-corrected chi connectivity index (χ2v) is 11.9. The number of hydrogen-bond donors (Lipinski definition) is 4. The smallest absolute Gasteiger partial charge is 0.224 e. The Morgan fingerprint density at radius 3 is 2.63 bits per heavy atom. The van der Waals surface area contributed by atoms with Crippen molar-refractivity contribution < 1.29 is 14.3 Å². The van der Waals surface area contributed by atoms with E-state index in [2.05, 4.69) is 27.3 Å². The monoisotopic (exact) mass is 579 g/mol. The van der Waals surface area contributed by atoms with Gasteiger partial charge in [-0.25, -0.2) is 0 Å². The van der Waals surface area contributed by atoms with Gasteiger partial charge in [0.05, 0.1) is 35.3 Å². The molecule has 3 aliphatic rings. The van der Waals surface area contributed by atoms with Gasteiger partial charge in [0.2, 0.25) is 5.91 Å². The van der Waals surface area contributed by atoms with Crippen LogP contribution in [0.15, 0.2) is 30.3 Å². The van der Waals surface area contributed by atoms with E-state index in [1.54, 1.807) is 0 Å². The Bertz CT molecular complexity index is 1240. The minimum absolute atomic E-state index is 0.00807. The number of carbonyl (C=O) groups is 1. The highest BCUT2D eigenvalue weighted by Gasteiger charge is 2.32. The maximum absolute atomic E-state index is 13.0. The first kappa shape index (κ1) is 29.3. The van der Waals surface area contributed by atoms with E-state index in [0.29, 0.717) is 60.3 Å². The summed E-state index contributed by atoms with van der Waals surface area (Å²) in [6.07, 6.45) is 9.94.